The second kappa shape index (κ2) is 3.48. The van der Waals surface area contributed by atoms with Crippen LogP contribution in [0.4, 0.5) is 0 Å². The average molecular weight is 261 g/mol. The number of hydrogen-bond acceptors (Lipinski definition) is 1. The Morgan fingerprint density at radius 3 is 3.00 bits per heavy atom. The van der Waals surface area contributed by atoms with Crippen molar-refractivity contribution in [2.24, 2.45) is 0 Å². The van der Waals surface area contributed by atoms with Crippen molar-refractivity contribution in [3.8, 4) is 0 Å². The molecule has 1 aromatic rings. The third-order valence-corrected chi connectivity index (χ3v) is 4.96. The topological polar surface area (TPSA) is 17.1 Å². The molecule has 0 N–H and O–H groups in total. The number of allylic oxidation sites excluding steroid dienone is 4. The molecule has 2 aliphatic rings. The van der Waals surface area contributed by atoms with Crippen molar-refractivity contribution in [1.29, 1.82) is 0 Å². The molecule has 1 aliphatic carbocycles. The zero-order valence-corrected chi connectivity index (χ0v) is 9.91. The zero-order valence-electron chi connectivity index (χ0n) is 8.19. The summed E-state index contributed by atoms with van der Waals surface area (Å²) in [5, 5.41) is 1.16. The molecule has 3 rings (SSSR count). The Balaban J connectivity index is 2.18. The van der Waals surface area contributed by atoms with Crippen LogP contribution in [0.15, 0.2) is 46.5 Å². The summed E-state index contributed by atoms with van der Waals surface area (Å²) >= 11 is 0.493. The van der Waals surface area contributed by atoms with E-state index in [9.17, 15) is 4.79 Å². The summed E-state index contributed by atoms with van der Waals surface area (Å²) in [6.45, 7) is 0. The van der Waals surface area contributed by atoms with E-state index in [1.807, 2.05) is 24.3 Å². The van der Waals surface area contributed by atoms with Gasteiger partial charge in [0.05, 0.1) is 0 Å². The summed E-state index contributed by atoms with van der Waals surface area (Å²) in [4.78, 5) is 12.0. The molecule has 0 bridgehead atoms. The van der Waals surface area contributed by atoms with Crippen LogP contribution in [-0.4, -0.2) is 20.7 Å². The molecule has 0 saturated carbocycles. The van der Waals surface area contributed by atoms with Crippen molar-refractivity contribution >= 4 is 20.7 Å². The molecule has 0 aromatic heterocycles. The maximum absolute atomic E-state index is 12.0. The number of benzene rings is 1. The molecule has 15 heavy (non-hydrogen) atoms. The van der Waals surface area contributed by atoms with Gasteiger partial charge in [-0.15, -0.1) is 0 Å². The first kappa shape index (κ1) is 9.14. The van der Waals surface area contributed by atoms with Crippen molar-refractivity contribution < 1.29 is 4.79 Å². The van der Waals surface area contributed by atoms with Crippen LogP contribution in [0.5, 0.6) is 0 Å². The second-order valence-electron chi connectivity index (χ2n) is 3.75. The van der Waals surface area contributed by atoms with Crippen LogP contribution in [0, 0.1) is 0 Å². The molecular weight excluding hydrogens is 251 g/mol. The van der Waals surface area contributed by atoms with Crippen molar-refractivity contribution in [1.82, 2.24) is 0 Å². The van der Waals surface area contributed by atoms with Crippen molar-refractivity contribution in [2.45, 2.75) is 11.7 Å². The van der Waals surface area contributed by atoms with Gasteiger partial charge in [-0.2, -0.15) is 0 Å². The van der Waals surface area contributed by atoms with Crippen LogP contribution in [0.3, 0.4) is 0 Å². The van der Waals surface area contributed by atoms with Gasteiger partial charge in [0.1, 0.15) is 0 Å². The fourth-order valence-electron chi connectivity index (χ4n) is 2.04. The van der Waals surface area contributed by atoms with E-state index < -0.39 is 0 Å². The molecule has 0 unspecified atom stereocenters. The van der Waals surface area contributed by atoms with Gasteiger partial charge < -0.3 is 0 Å². The van der Waals surface area contributed by atoms with E-state index >= 15 is 0 Å². The molecule has 1 heterocycles. The van der Waals surface area contributed by atoms with Crippen molar-refractivity contribution in [3.63, 3.8) is 0 Å². The summed E-state index contributed by atoms with van der Waals surface area (Å²) in [6.07, 6.45) is 5.08. The van der Waals surface area contributed by atoms with Crippen LogP contribution >= 0.6 is 0 Å². The van der Waals surface area contributed by atoms with Gasteiger partial charge in [0.2, 0.25) is 0 Å². The van der Waals surface area contributed by atoms with E-state index in [0.29, 0.717) is 15.0 Å². The van der Waals surface area contributed by atoms with Crippen LogP contribution in [0.25, 0.3) is 0 Å². The van der Waals surface area contributed by atoms with Gasteiger partial charge >= 0.3 is 94.9 Å². The number of fused-ring (bicyclic) bond motifs is 2. The molecule has 1 aromatic carbocycles. The van der Waals surface area contributed by atoms with Crippen LogP contribution < -0.4 is 0 Å². The van der Waals surface area contributed by atoms with E-state index in [-0.39, 0.29) is 5.78 Å². The quantitative estimate of drug-likeness (QED) is 0.655. The zero-order chi connectivity index (χ0) is 10.3. The standard InChI is InChI=1S/C13H10OSe/c14-12-8-13-10(5-6-15-13)7-9-3-1-2-4-11(9)12/h1-5,8H,6-7H2. The van der Waals surface area contributed by atoms with E-state index in [1.165, 1.54) is 15.6 Å². The minimum absolute atomic E-state index is 0.188. The van der Waals surface area contributed by atoms with Crippen molar-refractivity contribution in [3.05, 3.63) is 57.6 Å². The van der Waals surface area contributed by atoms with E-state index in [2.05, 4.69) is 12.1 Å². The Labute approximate surface area is 95.0 Å². The monoisotopic (exact) mass is 262 g/mol. The molecule has 1 nitrogen and oxygen atoms in total. The normalized spacial score (nSPS) is 18.8. The number of carbonyl (C=O) groups excluding carboxylic acids is 1. The first-order chi connectivity index (χ1) is 7.34. The number of ketones is 1. The fourth-order valence-corrected chi connectivity index (χ4v) is 4.12. The third-order valence-electron chi connectivity index (χ3n) is 2.81. The van der Waals surface area contributed by atoms with Gasteiger partial charge in [-0.1, -0.05) is 0 Å². The summed E-state index contributed by atoms with van der Waals surface area (Å²) < 4.78 is 1.31. The van der Waals surface area contributed by atoms with Gasteiger partial charge in [0, 0.05) is 0 Å². The second-order valence-corrected chi connectivity index (χ2v) is 5.97. The van der Waals surface area contributed by atoms with Gasteiger partial charge in [-0.3, -0.25) is 0 Å². The Kier molecular flexibility index (Phi) is 2.12. The predicted molar refractivity (Wildman–Crippen MR) is 61.2 cm³/mol. The summed E-state index contributed by atoms with van der Waals surface area (Å²) in [5.41, 5.74) is 3.45. The molecule has 1 aliphatic heterocycles. The predicted octanol–water partition coefficient (Wildman–Crippen LogP) is 2.37. The first-order valence-electron chi connectivity index (χ1n) is 5.01. The molecule has 0 atom stereocenters. The molecule has 0 fully saturated rings. The molecule has 0 amide bonds. The minimum atomic E-state index is 0.188. The molecular formula is C13H10OSe. The molecule has 0 radical (unpaired) electrons. The number of hydrogen-bond donors (Lipinski definition) is 0. The van der Waals surface area contributed by atoms with Crippen molar-refractivity contribution in [2.75, 3.05) is 0 Å². The molecule has 2 heteroatoms. The fraction of sp³-hybridized carbons (Fsp3) is 0.154. The van der Waals surface area contributed by atoms with Gasteiger partial charge in [-0.25, -0.2) is 0 Å². The van der Waals surface area contributed by atoms with Gasteiger partial charge in [0.15, 0.2) is 0 Å². The Morgan fingerprint density at radius 1 is 1.20 bits per heavy atom. The first-order valence-corrected chi connectivity index (χ1v) is 7.07. The van der Waals surface area contributed by atoms with E-state index in [0.717, 1.165) is 17.3 Å². The molecule has 0 saturated heterocycles. The number of rotatable bonds is 0. The number of carbonyl (C=O) groups is 1. The van der Waals surface area contributed by atoms with Crippen LogP contribution in [0.1, 0.15) is 15.9 Å². The molecule has 0 spiro atoms. The Hall–Kier alpha value is -1.11. The van der Waals surface area contributed by atoms with Crippen LogP contribution in [0.2, 0.25) is 5.32 Å². The van der Waals surface area contributed by atoms with Crippen LogP contribution in [-0.2, 0) is 6.42 Å². The van der Waals surface area contributed by atoms with Gasteiger partial charge in [0.25, 0.3) is 0 Å². The average Bonchev–Trinajstić information content (AvgIpc) is 2.61. The summed E-state index contributed by atoms with van der Waals surface area (Å²) in [7, 11) is 0. The Morgan fingerprint density at radius 2 is 2.07 bits per heavy atom. The third kappa shape index (κ3) is 1.50. The summed E-state index contributed by atoms with van der Waals surface area (Å²) in [5.74, 6) is 0.188. The molecule has 74 valence electrons. The SMILES string of the molecule is O=C1C=C2[Se]CC=C2Cc2ccccc21. The summed E-state index contributed by atoms with van der Waals surface area (Å²) in [6, 6.07) is 7.95. The van der Waals surface area contributed by atoms with E-state index in [4.69, 9.17) is 0 Å². The maximum atomic E-state index is 12.0. The van der Waals surface area contributed by atoms with Gasteiger partial charge in [-0.05, 0) is 0 Å². The van der Waals surface area contributed by atoms with E-state index in [1.54, 1.807) is 0 Å². The Bertz CT molecular complexity index is 497.